The molecule has 1 rings (SSSR count). The van der Waals surface area contributed by atoms with Gasteiger partial charge in [0, 0.05) is 13.2 Å². The molecule has 1 aromatic carbocycles. The molecule has 0 aliphatic carbocycles. The first-order chi connectivity index (χ1) is 7.07. The molecule has 0 radical (unpaired) electrons. The molecule has 15 heavy (non-hydrogen) atoms. The van der Waals surface area contributed by atoms with Crippen molar-refractivity contribution in [2.75, 3.05) is 7.11 Å². The fourth-order valence-corrected chi connectivity index (χ4v) is 1.26. The van der Waals surface area contributed by atoms with Crippen LogP contribution in [0.3, 0.4) is 0 Å². The van der Waals surface area contributed by atoms with E-state index in [1.54, 1.807) is 0 Å². The second-order valence-corrected chi connectivity index (χ2v) is 2.81. The molecule has 0 aliphatic rings. The van der Waals surface area contributed by atoms with E-state index in [2.05, 4.69) is 0 Å². The van der Waals surface area contributed by atoms with E-state index >= 15 is 0 Å². The Morgan fingerprint density at radius 2 is 2.27 bits per heavy atom. The number of nitrogens with zero attached hydrogens (tertiary/aromatic N) is 1. The molecule has 1 aromatic rings. The van der Waals surface area contributed by atoms with Crippen molar-refractivity contribution in [1.82, 2.24) is 0 Å². The Bertz CT molecular complexity index is 401. The van der Waals surface area contributed by atoms with E-state index in [1.807, 2.05) is 0 Å². The van der Waals surface area contributed by atoms with Gasteiger partial charge in [0.25, 0.3) is 5.69 Å². The number of carbonyl (C=O) groups is 1. The van der Waals surface area contributed by atoms with Crippen molar-refractivity contribution in [1.29, 1.82) is 0 Å². The highest BCUT2D eigenvalue weighted by atomic mass is 16.6. The Kier molecular flexibility index (Phi) is 3.35. The number of nitro benzene ring substituents is 1. The number of benzene rings is 1. The summed E-state index contributed by atoms with van der Waals surface area (Å²) in [5.41, 5.74) is -0.444. The lowest BCUT2D eigenvalue weighted by atomic mass is 10.1. The Balaban J connectivity index is 3.34. The molecule has 80 valence electrons. The zero-order valence-corrected chi connectivity index (χ0v) is 7.97. The SMILES string of the molecule is COCc1cccc([N+](=O)[O-])c1C(=O)O. The maximum atomic E-state index is 10.9. The van der Waals surface area contributed by atoms with Gasteiger partial charge in [0.2, 0.25) is 0 Å². The molecular formula is C9H9NO5. The van der Waals surface area contributed by atoms with Crippen molar-refractivity contribution in [2.24, 2.45) is 0 Å². The van der Waals surface area contributed by atoms with Gasteiger partial charge in [0.15, 0.2) is 0 Å². The Labute approximate surface area is 85.2 Å². The largest absolute Gasteiger partial charge is 0.477 e. The molecule has 1 N–H and O–H groups in total. The van der Waals surface area contributed by atoms with Crippen LogP contribution >= 0.6 is 0 Å². The van der Waals surface area contributed by atoms with E-state index in [9.17, 15) is 14.9 Å². The summed E-state index contributed by atoms with van der Waals surface area (Å²) < 4.78 is 4.77. The second-order valence-electron chi connectivity index (χ2n) is 2.81. The standard InChI is InChI=1S/C9H9NO5/c1-15-5-6-3-2-4-7(10(13)14)8(6)9(11)12/h2-4H,5H2,1H3,(H,11,12). The van der Waals surface area contributed by atoms with E-state index in [0.29, 0.717) is 5.56 Å². The van der Waals surface area contributed by atoms with Gasteiger partial charge >= 0.3 is 5.97 Å². The second kappa shape index (κ2) is 4.52. The molecule has 0 bridgehead atoms. The molecule has 0 amide bonds. The van der Waals surface area contributed by atoms with Crippen LogP contribution < -0.4 is 0 Å². The van der Waals surface area contributed by atoms with Gasteiger partial charge in [-0.3, -0.25) is 10.1 Å². The number of aromatic carboxylic acids is 1. The highest BCUT2D eigenvalue weighted by Crippen LogP contribution is 2.22. The van der Waals surface area contributed by atoms with Crippen LogP contribution in [0.4, 0.5) is 5.69 Å². The van der Waals surface area contributed by atoms with Crippen LogP contribution in [0.25, 0.3) is 0 Å². The van der Waals surface area contributed by atoms with Gasteiger partial charge in [-0.05, 0) is 5.56 Å². The molecule has 0 saturated carbocycles. The Morgan fingerprint density at radius 1 is 1.60 bits per heavy atom. The summed E-state index contributed by atoms with van der Waals surface area (Å²) in [4.78, 5) is 20.7. The highest BCUT2D eigenvalue weighted by Gasteiger charge is 2.22. The van der Waals surface area contributed by atoms with Crippen molar-refractivity contribution in [2.45, 2.75) is 6.61 Å². The summed E-state index contributed by atoms with van der Waals surface area (Å²) in [6, 6.07) is 4.07. The first-order valence-corrected chi connectivity index (χ1v) is 4.06. The number of carboxylic acids is 1. The van der Waals surface area contributed by atoms with Crippen molar-refractivity contribution in [3.8, 4) is 0 Å². The smallest absolute Gasteiger partial charge is 0.343 e. The molecule has 6 heteroatoms. The first kappa shape index (κ1) is 11.1. The number of hydrogen-bond acceptors (Lipinski definition) is 4. The quantitative estimate of drug-likeness (QED) is 0.601. The van der Waals surface area contributed by atoms with Gasteiger partial charge < -0.3 is 9.84 Å². The third-order valence-corrected chi connectivity index (χ3v) is 1.84. The summed E-state index contributed by atoms with van der Waals surface area (Å²) in [6.07, 6.45) is 0. The summed E-state index contributed by atoms with van der Waals surface area (Å²) in [5.74, 6) is -1.32. The number of methoxy groups -OCH3 is 1. The van der Waals surface area contributed by atoms with Crippen LogP contribution in [-0.2, 0) is 11.3 Å². The minimum Gasteiger partial charge on any atom is -0.477 e. The predicted molar refractivity (Wildman–Crippen MR) is 50.8 cm³/mol. The van der Waals surface area contributed by atoms with E-state index in [-0.39, 0.29) is 12.2 Å². The highest BCUT2D eigenvalue weighted by molar-refractivity contribution is 5.94. The third-order valence-electron chi connectivity index (χ3n) is 1.84. The normalized spacial score (nSPS) is 9.93. The van der Waals surface area contributed by atoms with Crippen molar-refractivity contribution in [3.05, 3.63) is 39.4 Å². The molecule has 0 heterocycles. The Hall–Kier alpha value is -1.95. The molecule has 0 atom stereocenters. The zero-order valence-electron chi connectivity index (χ0n) is 7.97. The number of rotatable bonds is 4. The number of ether oxygens (including phenoxy) is 1. The minimum absolute atomic E-state index is 0.0311. The lowest BCUT2D eigenvalue weighted by molar-refractivity contribution is -0.385. The average Bonchev–Trinajstić information content (AvgIpc) is 2.17. The molecule has 6 nitrogen and oxygen atoms in total. The van der Waals surface area contributed by atoms with E-state index in [1.165, 1.54) is 19.2 Å². The van der Waals surface area contributed by atoms with Gasteiger partial charge in [-0.15, -0.1) is 0 Å². The van der Waals surface area contributed by atoms with Gasteiger partial charge in [0.1, 0.15) is 5.56 Å². The lowest BCUT2D eigenvalue weighted by Gasteiger charge is -2.04. The maximum Gasteiger partial charge on any atom is 0.343 e. The molecular weight excluding hydrogens is 202 g/mol. The summed E-state index contributed by atoms with van der Waals surface area (Å²) in [6.45, 7) is 0.0311. The summed E-state index contributed by atoms with van der Waals surface area (Å²) in [7, 11) is 1.39. The summed E-state index contributed by atoms with van der Waals surface area (Å²) >= 11 is 0. The fraction of sp³-hybridized carbons (Fsp3) is 0.222. The molecule has 0 saturated heterocycles. The van der Waals surface area contributed by atoms with Crippen LogP contribution in [-0.4, -0.2) is 23.1 Å². The number of nitro groups is 1. The molecule has 0 aliphatic heterocycles. The molecule has 0 unspecified atom stereocenters. The van der Waals surface area contributed by atoms with E-state index < -0.39 is 16.6 Å². The van der Waals surface area contributed by atoms with E-state index in [4.69, 9.17) is 9.84 Å². The van der Waals surface area contributed by atoms with Crippen LogP contribution in [0.2, 0.25) is 0 Å². The topological polar surface area (TPSA) is 89.7 Å². The molecule has 0 aromatic heterocycles. The monoisotopic (exact) mass is 211 g/mol. The molecule has 0 fully saturated rings. The number of hydrogen-bond donors (Lipinski definition) is 1. The lowest BCUT2D eigenvalue weighted by Crippen LogP contribution is -2.07. The van der Waals surface area contributed by atoms with Gasteiger partial charge in [-0.2, -0.15) is 0 Å². The first-order valence-electron chi connectivity index (χ1n) is 4.06. The van der Waals surface area contributed by atoms with Crippen molar-refractivity contribution in [3.63, 3.8) is 0 Å². The average molecular weight is 211 g/mol. The van der Waals surface area contributed by atoms with Gasteiger partial charge in [-0.1, -0.05) is 12.1 Å². The maximum absolute atomic E-state index is 10.9. The number of carboxylic acid groups (broad SMARTS) is 1. The third kappa shape index (κ3) is 2.29. The molecule has 0 spiro atoms. The van der Waals surface area contributed by atoms with Crippen molar-refractivity contribution >= 4 is 11.7 Å². The van der Waals surface area contributed by atoms with E-state index in [0.717, 1.165) is 6.07 Å². The minimum atomic E-state index is -1.32. The Morgan fingerprint density at radius 3 is 2.73 bits per heavy atom. The fourth-order valence-electron chi connectivity index (χ4n) is 1.26. The van der Waals surface area contributed by atoms with Gasteiger partial charge in [0.05, 0.1) is 11.5 Å². The zero-order chi connectivity index (χ0) is 11.4. The predicted octanol–water partition coefficient (Wildman–Crippen LogP) is 1.44. The van der Waals surface area contributed by atoms with Crippen LogP contribution in [0.5, 0.6) is 0 Å². The van der Waals surface area contributed by atoms with Crippen LogP contribution in [0, 0.1) is 10.1 Å². The van der Waals surface area contributed by atoms with Crippen LogP contribution in [0.15, 0.2) is 18.2 Å². The van der Waals surface area contributed by atoms with Crippen molar-refractivity contribution < 1.29 is 19.6 Å². The summed E-state index contributed by atoms with van der Waals surface area (Å²) in [5, 5.41) is 19.4. The van der Waals surface area contributed by atoms with Crippen LogP contribution in [0.1, 0.15) is 15.9 Å². The van der Waals surface area contributed by atoms with Gasteiger partial charge in [-0.25, -0.2) is 4.79 Å².